The van der Waals surface area contributed by atoms with Crippen molar-refractivity contribution in [2.24, 2.45) is 0 Å². The van der Waals surface area contributed by atoms with E-state index < -0.39 is 0 Å². The van der Waals surface area contributed by atoms with Gasteiger partial charge >= 0.3 is 0 Å². The third-order valence-corrected chi connectivity index (χ3v) is 4.31. The number of ether oxygens (including phenoxy) is 1. The van der Waals surface area contributed by atoms with Gasteiger partial charge in [0.15, 0.2) is 5.76 Å². The molecule has 0 aliphatic carbocycles. The van der Waals surface area contributed by atoms with Crippen molar-refractivity contribution in [3.8, 4) is 5.75 Å². The van der Waals surface area contributed by atoms with Crippen molar-refractivity contribution < 1.29 is 13.9 Å². The number of benzene rings is 2. The Balaban J connectivity index is 1.64. The molecule has 1 heterocycles. The topological polar surface area (TPSA) is 51.5 Å². The Bertz CT molecular complexity index is 950. The summed E-state index contributed by atoms with van der Waals surface area (Å²) in [6.45, 7) is 4.10. The maximum Gasteiger partial charge on any atom is 0.291 e. The minimum absolute atomic E-state index is 0.151. The second-order valence-electron chi connectivity index (χ2n) is 5.90. The van der Waals surface area contributed by atoms with E-state index in [0.717, 1.165) is 16.8 Å². The Hall–Kier alpha value is -2.43. The molecule has 0 saturated heterocycles. The van der Waals surface area contributed by atoms with Gasteiger partial charge in [0, 0.05) is 10.7 Å². The highest BCUT2D eigenvalue weighted by Gasteiger charge is 2.13. The molecule has 0 saturated carbocycles. The van der Waals surface area contributed by atoms with Crippen LogP contribution < -0.4 is 10.1 Å². The molecule has 0 fully saturated rings. The second kappa shape index (κ2) is 7.85. The first-order valence-electron chi connectivity index (χ1n) is 7.97. The first-order chi connectivity index (χ1) is 12.4. The van der Waals surface area contributed by atoms with Crippen LogP contribution in [0.25, 0.3) is 0 Å². The third kappa shape index (κ3) is 4.40. The van der Waals surface area contributed by atoms with Gasteiger partial charge in [-0.3, -0.25) is 4.79 Å². The Morgan fingerprint density at radius 3 is 2.62 bits per heavy atom. The lowest BCUT2D eigenvalue weighted by atomic mass is 10.1. The van der Waals surface area contributed by atoms with Gasteiger partial charge in [-0.05, 0) is 55.8 Å². The molecule has 0 bridgehead atoms. The number of carbonyl (C=O) groups excluding carboxylic acids is 1. The van der Waals surface area contributed by atoms with Crippen molar-refractivity contribution in [1.29, 1.82) is 0 Å². The summed E-state index contributed by atoms with van der Waals surface area (Å²) in [7, 11) is 0. The standard InChI is InChI=1S/C20H17Cl2NO3/c1-12-3-6-17(13(2)9-12)23-20(24)19-8-5-15(26-19)11-25-18-7-4-14(21)10-16(18)22/h3-10H,11H2,1-2H3,(H,23,24). The van der Waals surface area contributed by atoms with Crippen molar-refractivity contribution in [2.45, 2.75) is 20.5 Å². The van der Waals surface area contributed by atoms with E-state index in [-0.39, 0.29) is 18.3 Å². The third-order valence-electron chi connectivity index (χ3n) is 3.78. The zero-order valence-electron chi connectivity index (χ0n) is 14.3. The molecule has 0 aliphatic heterocycles. The molecule has 2 aromatic carbocycles. The van der Waals surface area contributed by atoms with Crippen LogP contribution in [-0.4, -0.2) is 5.91 Å². The molecule has 0 radical (unpaired) electrons. The molecule has 1 aromatic heterocycles. The number of amides is 1. The van der Waals surface area contributed by atoms with Crippen LogP contribution in [0.3, 0.4) is 0 Å². The fourth-order valence-electron chi connectivity index (χ4n) is 2.46. The summed E-state index contributed by atoms with van der Waals surface area (Å²) in [4.78, 5) is 12.3. The summed E-state index contributed by atoms with van der Waals surface area (Å²) in [6.07, 6.45) is 0. The quantitative estimate of drug-likeness (QED) is 0.578. The van der Waals surface area contributed by atoms with Crippen LogP contribution in [0.5, 0.6) is 5.75 Å². The highest BCUT2D eigenvalue weighted by atomic mass is 35.5. The van der Waals surface area contributed by atoms with Crippen LogP contribution in [0.15, 0.2) is 52.9 Å². The average molecular weight is 390 g/mol. The molecule has 3 rings (SSSR count). The van der Waals surface area contributed by atoms with Crippen LogP contribution in [0.4, 0.5) is 5.69 Å². The number of anilines is 1. The number of furan rings is 1. The molecule has 6 heteroatoms. The monoisotopic (exact) mass is 389 g/mol. The van der Waals surface area contributed by atoms with Gasteiger partial charge in [0.1, 0.15) is 18.1 Å². The second-order valence-corrected chi connectivity index (χ2v) is 6.75. The molecule has 3 aromatic rings. The van der Waals surface area contributed by atoms with E-state index in [4.69, 9.17) is 32.4 Å². The molecule has 1 amide bonds. The Labute approximate surface area is 161 Å². The number of halogens is 2. The van der Waals surface area contributed by atoms with Gasteiger partial charge in [0.25, 0.3) is 5.91 Å². The van der Waals surface area contributed by atoms with Gasteiger partial charge in [-0.15, -0.1) is 0 Å². The van der Waals surface area contributed by atoms with Gasteiger partial charge < -0.3 is 14.5 Å². The van der Waals surface area contributed by atoms with E-state index >= 15 is 0 Å². The maximum absolute atomic E-state index is 12.3. The summed E-state index contributed by atoms with van der Waals surface area (Å²) in [5.41, 5.74) is 2.88. The number of nitrogens with one attached hydrogen (secondary N) is 1. The fraction of sp³-hybridized carbons (Fsp3) is 0.150. The lowest BCUT2D eigenvalue weighted by molar-refractivity contribution is 0.0992. The summed E-state index contributed by atoms with van der Waals surface area (Å²) in [5.74, 6) is 0.911. The van der Waals surface area contributed by atoms with Gasteiger partial charge in [-0.1, -0.05) is 40.9 Å². The van der Waals surface area contributed by atoms with Crippen LogP contribution >= 0.6 is 23.2 Å². The van der Waals surface area contributed by atoms with Crippen LogP contribution in [0.2, 0.25) is 10.0 Å². The fourth-order valence-corrected chi connectivity index (χ4v) is 2.92. The van der Waals surface area contributed by atoms with Gasteiger partial charge in [-0.2, -0.15) is 0 Å². The van der Waals surface area contributed by atoms with E-state index in [0.29, 0.717) is 21.6 Å². The first kappa shape index (κ1) is 18.4. The van der Waals surface area contributed by atoms with Crippen LogP contribution in [0, 0.1) is 13.8 Å². The zero-order valence-corrected chi connectivity index (χ0v) is 15.8. The average Bonchev–Trinajstić information content (AvgIpc) is 3.06. The lowest BCUT2D eigenvalue weighted by Crippen LogP contribution is -2.11. The normalized spacial score (nSPS) is 10.6. The molecule has 0 spiro atoms. The summed E-state index contributed by atoms with van der Waals surface area (Å²) >= 11 is 11.9. The minimum Gasteiger partial charge on any atom is -0.484 e. The smallest absolute Gasteiger partial charge is 0.291 e. The SMILES string of the molecule is Cc1ccc(NC(=O)c2ccc(COc3ccc(Cl)cc3Cl)o2)c(C)c1. The van der Waals surface area contributed by atoms with Gasteiger partial charge in [0.05, 0.1) is 5.02 Å². The Kier molecular flexibility index (Phi) is 5.55. The van der Waals surface area contributed by atoms with Crippen molar-refractivity contribution >= 4 is 34.8 Å². The van der Waals surface area contributed by atoms with Crippen LogP contribution in [0.1, 0.15) is 27.4 Å². The molecule has 0 aliphatic rings. The van der Waals surface area contributed by atoms with E-state index in [1.165, 1.54) is 0 Å². The number of aryl methyl sites for hydroxylation is 2. The highest BCUT2D eigenvalue weighted by molar-refractivity contribution is 6.35. The number of rotatable bonds is 5. The predicted molar refractivity (Wildman–Crippen MR) is 103 cm³/mol. The van der Waals surface area contributed by atoms with E-state index in [1.54, 1.807) is 30.3 Å². The number of carbonyl (C=O) groups is 1. The first-order valence-corrected chi connectivity index (χ1v) is 8.73. The molecule has 134 valence electrons. The largest absolute Gasteiger partial charge is 0.484 e. The number of hydrogen-bond donors (Lipinski definition) is 1. The molecule has 4 nitrogen and oxygen atoms in total. The van der Waals surface area contributed by atoms with Crippen LogP contribution in [-0.2, 0) is 6.61 Å². The van der Waals surface area contributed by atoms with Crippen molar-refractivity contribution in [3.63, 3.8) is 0 Å². The van der Waals surface area contributed by atoms with E-state index in [2.05, 4.69) is 5.32 Å². The summed E-state index contributed by atoms with van der Waals surface area (Å²) < 4.78 is 11.2. The van der Waals surface area contributed by atoms with Gasteiger partial charge in [0.2, 0.25) is 0 Å². The molecule has 1 N–H and O–H groups in total. The summed E-state index contributed by atoms with van der Waals surface area (Å²) in [6, 6.07) is 14.1. The zero-order chi connectivity index (χ0) is 18.7. The molecular weight excluding hydrogens is 373 g/mol. The summed E-state index contributed by atoms with van der Waals surface area (Å²) in [5, 5.41) is 3.79. The molecule has 0 atom stereocenters. The van der Waals surface area contributed by atoms with Crippen molar-refractivity contribution in [1.82, 2.24) is 0 Å². The molecule has 0 unspecified atom stereocenters. The van der Waals surface area contributed by atoms with Gasteiger partial charge in [-0.25, -0.2) is 0 Å². The van der Waals surface area contributed by atoms with E-state index in [9.17, 15) is 4.79 Å². The maximum atomic E-state index is 12.3. The Morgan fingerprint density at radius 1 is 1.08 bits per heavy atom. The molecular formula is C20H17Cl2NO3. The van der Waals surface area contributed by atoms with Crippen molar-refractivity contribution in [2.75, 3.05) is 5.32 Å². The minimum atomic E-state index is -0.312. The lowest BCUT2D eigenvalue weighted by Gasteiger charge is -2.08. The molecule has 26 heavy (non-hydrogen) atoms. The highest BCUT2D eigenvalue weighted by Crippen LogP contribution is 2.28. The number of hydrogen-bond acceptors (Lipinski definition) is 3. The Morgan fingerprint density at radius 2 is 1.88 bits per heavy atom. The van der Waals surface area contributed by atoms with E-state index in [1.807, 2.05) is 32.0 Å². The predicted octanol–water partition coefficient (Wildman–Crippen LogP) is 6.03. The van der Waals surface area contributed by atoms with Crippen molar-refractivity contribution in [3.05, 3.63) is 81.2 Å².